The van der Waals surface area contributed by atoms with Gasteiger partial charge in [0, 0.05) is 16.9 Å². The highest BCUT2D eigenvalue weighted by Gasteiger charge is 2.26. The highest BCUT2D eigenvalue weighted by atomic mass is 35.5. The minimum atomic E-state index is -4.53. The number of benzene rings is 2. The molecule has 0 aliphatic heterocycles. The lowest BCUT2D eigenvalue weighted by atomic mass is 10.3. The Morgan fingerprint density at radius 2 is 1.66 bits per heavy atom. The number of urea groups is 1. The lowest BCUT2D eigenvalue weighted by molar-refractivity contribution is 0.256. The monoisotopic (exact) mass is 435 g/mol. The molecule has 3 aromatic rings. The van der Waals surface area contributed by atoms with Crippen LogP contribution in [0, 0.1) is 0 Å². The molecule has 1 aromatic heterocycles. The zero-order chi connectivity index (χ0) is 21.0. The summed E-state index contributed by atoms with van der Waals surface area (Å²) < 4.78 is 25.3. The zero-order valence-electron chi connectivity index (χ0n) is 14.5. The van der Waals surface area contributed by atoms with Crippen LogP contribution in [0.15, 0.2) is 75.3 Å². The Labute approximate surface area is 169 Å². The molecule has 0 radical (unpaired) electrons. The second-order valence-electron chi connectivity index (χ2n) is 5.64. The minimum Gasteiger partial charge on any atom is -0.313 e. The van der Waals surface area contributed by atoms with Crippen molar-refractivity contribution in [1.82, 2.24) is 14.8 Å². The lowest BCUT2D eigenvalue weighted by Crippen LogP contribution is -2.49. The molecule has 1 heterocycles. The fraction of sp³-hybridized carbons (Fsp3) is 0. The number of hydrogen-bond acceptors (Lipinski definition) is 5. The Morgan fingerprint density at radius 3 is 2.28 bits per heavy atom. The largest absolute Gasteiger partial charge is 0.341 e. The molecule has 29 heavy (non-hydrogen) atoms. The van der Waals surface area contributed by atoms with Crippen LogP contribution in [0.5, 0.6) is 0 Å². The van der Waals surface area contributed by atoms with Crippen molar-refractivity contribution in [2.24, 2.45) is 0 Å². The van der Waals surface area contributed by atoms with Crippen LogP contribution in [0.4, 0.5) is 16.2 Å². The van der Waals surface area contributed by atoms with E-state index in [0.29, 0.717) is 15.7 Å². The number of halogens is 1. The van der Waals surface area contributed by atoms with Gasteiger partial charge in [0.25, 0.3) is 15.6 Å². The van der Waals surface area contributed by atoms with Crippen LogP contribution in [-0.4, -0.2) is 24.4 Å². The van der Waals surface area contributed by atoms with Crippen LogP contribution >= 0.6 is 11.6 Å². The summed E-state index contributed by atoms with van der Waals surface area (Å²) in [5.41, 5.74) is -1.46. The topological polar surface area (TPSA) is 144 Å². The van der Waals surface area contributed by atoms with Gasteiger partial charge >= 0.3 is 11.7 Å². The number of H-pyrrole nitrogens is 2. The normalized spacial score (nSPS) is 11.1. The number of hydrogen-bond donors (Lipinski definition) is 4. The highest BCUT2D eigenvalue weighted by molar-refractivity contribution is 7.89. The van der Waals surface area contributed by atoms with Gasteiger partial charge < -0.3 is 10.3 Å². The molecule has 0 aliphatic rings. The molecule has 150 valence electrons. The van der Waals surface area contributed by atoms with Crippen molar-refractivity contribution in [3.8, 4) is 0 Å². The van der Waals surface area contributed by atoms with Crippen molar-refractivity contribution < 1.29 is 13.2 Å². The molecule has 0 aliphatic carbocycles. The first kappa shape index (κ1) is 20.3. The molecule has 0 saturated heterocycles. The number of aromatic nitrogens is 2. The molecule has 0 saturated carbocycles. The fourth-order valence-corrected chi connectivity index (χ4v) is 3.43. The molecule has 0 unspecified atom stereocenters. The summed E-state index contributed by atoms with van der Waals surface area (Å²) in [5, 5.41) is 3.61. The van der Waals surface area contributed by atoms with E-state index in [1.54, 1.807) is 30.3 Å². The standard InChI is InChI=1S/C17H14ClN5O5S/c18-11-6-8-13(9-7-11)23(17(26)20-12-4-2-1-3-5-12)22-29(27,28)14-10-19-16(25)21-15(14)24/h1-10,22H,(H,20,26)(H2,19,21,24,25). The maximum Gasteiger partial charge on any atom is 0.341 e. The average Bonchev–Trinajstić information content (AvgIpc) is 2.67. The third-order valence-electron chi connectivity index (χ3n) is 3.60. The van der Waals surface area contributed by atoms with Gasteiger partial charge in [0.15, 0.2) is 4.90 Å². The third-order valence-corrected chi connectivity index (χ3v) is 5.16. The predicted octanol–water partition coefficient (Wildman–Crippen LogP) is 1.65. The number of rotatable bonds is 5. The molecule has 0 fully saturated rings. The van der Waals surface area contributed by atoms with Crippen molar-refractivity contribution in [1.29, 1.82) is 0 Å². The van der Waals surface area contributed by atoms with Gasteiger partial charge in [-0.3, -0.25) is 9.78 Å². The number of carbonyl (C=O) groups is 1. The maximum atomic E-state index is 12.8. The van der Waals surface area contributed by atoms with Gasteiger partial charge in [0.1, 0.15) is 0 Å². The number of nitrogens with zero attached hydrogens (tertiary/aromatic N) is 1. The van der Waals surface area contributed by atoms with Gasteiger partial charge in [-0.05, 0) is 36.4 Å². The first-order valence-corrected chi connectivity index (χ1v) is 9.88. The van der Waals surface area contributed by atoms with Gasteiger partial charge in [-0.1, -0.05) is 29.8 Å². The van der Waals surface area contributed by atoms with E-state index in [4.69, 9.17) is 11.6 Å². The Hall–Kier alpha value is -3.41. The van der Waals surface area contributed by atoms with E-state index in [-0.39, 0.29) is 5.69 Å². The van der Waals surface area contributed by atoms with E-state index in [9.17, 15) is 22.8 Å². The second kappa shape index (κ2) is 8.31. The number of sulfonamides is 1. The number of carbonyl (C=O) groups excluding carboxylic acids is 1. The van der Waals surface area contributed by atoms with Crippen molar-refractivity contribution in [2.45, 2.75) is 4.90 Å². The summed E-state index contributed by atoms with van der Waals surface area (Å²) in [4.78, 5) is 40.9. The number of nitrogens with one attached hydrogen (secondary N) is 4. The molecule has 4 N–H and O–H groups in total. The van der Waals surface area contributed by atoms with E-state index in [2.05, 4.69) is 10.3 Å². The number of hydrazine groups is 1. The third kappa shape index (κ3) is 4.90. The molecule has 0 bridgehead atoms. The van der Waals surface area contributed by atoms with E-state index < -0.39 is 32.2 Å². The molecule has 0 spiro atoms. The quantitative estimate of drug-likeness (QED) is 0.450. The summed E-state index contributed by atoms with van der Waals surface area (Å²) in [6.45, 7) is 0. The number of amides is 2. The van der Waals surface area contributed by atoms with E-state index in [1.807, 2.05) is 9.82 Å². The van der Waals surface area contributed by atoms with Gasteiger partial charge in [-0.25, -0.2) is 23.0 Å². The first-order chi connectivity index (χ1) is 13.8. The van der Waals surface area contributed by atoms with Crippen LogP contribution < -0.4 is 26.4 Å². The van der Waals surface area contributed by atoms with Crippen LogP contribution in [0.2, 0.25) is 5.02 Å². The SMILES string of the molecule is O=C(Nc1ccccc1)N(NS(=O)(=O)c1c[nH]c(=O)[nH]c1=O)c1ccc(Cl)cc1. The fourth-order valence-electron chi connectivity index (χ4n) is 2.27. The first-order valence-electron chi connectivity index (χ1n) is 8.02. The smallest absolute Gasteiger partial charge is 0.313 e. The molecular formula is C17H14ClN5O5S. The van der Waals surface area contributed by atoms with Crippen LogP contribution in [0.3, 0.4) is 0 Å². The predicted molar refractivity (Wildman–Crippen MR) is 107 cm³/mol. The Bertz CT molecular complexity index is 1240. The minimum absolute atomic E-state index is 0.132. The Morgan fingerprint density at radius 1 is 1.00 bits per heavy atom. The molecule has 10 nitrogen and oxygen atoms in total. The molecule has 0 atom stereocenters. The molecule has 12 heteroatoms. The Balaban J connectivity index is 1.98. The molecule has 2 amide bonds. The van der Waals surface area contributed by atoms with Gasteiger partial charge in [0.05, 0.1) is 5.69 Å². The summed E-state index contributed by atoms with van der Waals surface area (Å²) in [6.07, 6.45) is 0.735. The van der Waals surface area contributed by atoms with E-state index in [0.717, 1.165) is 6.20 Å². The number of anilines is 2. The van der Waals surface area contributed by atoms with Gasteiger partial charge in [-0.15, -0.1) is 4.83 Å². The van der Waals surface area contributed by atoms with E-state index >= 15 is 0 Å². The van der Waals surface area contributed by atoms with Crippen molar-refractivity contribution in [3.05, 3.63) is 86.7 Å². The summed E-state index contributed by atoms with van der Waals surface area (Å²) in [5.74, 6) is 0. The van der Waals surface area contributed by atoms with E-state index in [1.165, 1.54) is 24.3 Å². The number of para-hydroxylation sites is 1. The maximum absolute atomic E-state index is 12.8. The van der Waals surface area contributed by atoms with Crippen LogP contribution in [-0.2, 0) is 10.0 Å². The molecular weight excluding hydrogens is 422 g/mol. The molecule has 2 aromatic carbocycles. The molecule has 3 rings (SSSR count). The van der Waals surface area contributed by atoms with Crippen LogP contribution in [0.25, 0.3) is 0 Å². The van der Waals surface area contributed by atoms with Crippen molar-refractivity contribution in [3.63, 3.8) is 0 Å². The summed E-state index contributed by atoms with van der Waals surface area (Å²) >= 11 is 5.85. The van der Waals surface area contributed by atoms with Gasteiger partial charge in [0.2, 0.25) is 0 Å². The number of aromatic amines is 2. The lowest BCUT2D eigenvalue weighted by Gasteiger charge is -2.23. The Kier molecular flexibility index (Phi) is 5.82. The average molecular weight is 436 g/mol. The van der Waals surface area contributed by atoms with Gasteiger partial charge in [-0.2, -0.15) is 0 Å². The van der Waals surface area contributed by atoms with Crippen molar-refractivity contribution in [2.75, 3.05) is 10.3 Å². The summed E-state index contributed by atoms with van der Waals surface area (Å²) in [6, 6.07) is 13.2. The summed E-state index contributed by atoms with van der Waals surface area (Å²) in [7, 11) is -4.53. The van der Waals surface area contributed by atoms with Crippen LogP contribution in [0.1, 0.15) is 0 Å². The van der Waals surface area contributed by atoms with Crippen molar-refractivity contribution >= 4 is 39.0 Å². The second-order valence-corrected chi connectivity index (χ2v) is 7.70. The zero-order valence-corrected chi connectivity index (χ0v) is 16.1. The highest BCUT2D eigenvalue weighted by Crippen LogP contribution is 2.19.